The molecule has 3 aliphatic rings. The predicted molar refractivity (Wildman–Crippen MR) is 101 cm³/mol. The van der Waals surface area contributed by atoms with Gasteiger partial charge in [0.05, 0.1) is 17.7 Å². The first kappa shape index (κ1) is 17.9. The summed E-state index contributed by atoms with van der Waals surface area (Å²) in [5.74, 6) is 1.06. The van der Waals surface area contributed by atoms with E-state index in [1.165, 1.54) is 12.1 Å². The van der Waals surface area contributed by atoms with E-state index in [-0.39, 0.29) is 11.9 Å². The van der Waals surface area contributed by atoms with E-state index >= 15 is 0 Å². The Balaban J connectivity index is 1.37. The summed E-state index contributed by atoms with van der Waals surface area (Å²) in [6.07, 6.45) is 0.985. The predicted octanol–water partition coefficient (Wildman–Crippen LogP) is 2.54. The first-order chi connectivity index (χ1) is 13.5. The van der Waals surface area contributed by atoms with Gasteiger partial charge < -0.3 is 19.7 Å². The largest absolute Gasteiger partial charge is 0.486 e. The Bertz CT molecular complexity index is 894. The molecule has 2 N–H and O–H groups in total. The number of fused-ring (bicyclic) bond motifs is 2. The van der Waals surface area contributed by atoms with E-state index in [9.17, 15) is 14.6 Å². The molecule has 0 amide bonds. The first-order valence-electron chi connectivity index (χ1n) is 9.87. The molecule has 2 aromatic rings. The lowest BCUT2D eigenvalue weighted by Crippen LogP contribution is -2.46. The van der Waals surface area contributed by atoms with Crippen LogP contribution in [0.25, 0.3) is 0 Å². The number of para-hydroxylation sites is 1. The Morgan fingerprint density at radius 3 is 2.68 bits per heavy atom. The highest BCUT2D eigenvalue weighted by molar-refractivity contribution is 5.50. The van der Waals surface area contributed by atoms with Crippen molar-refractivity contribution in [3.8, 4) is 11.5 Å². The monoisotopic (exact) mass is 385 g/mol. The fourth-order valence-corrected chi connectivity index (χ4v) is 4.91. The Morgan fingerprint density at radius 2 is 1.86 bits per heavy atom. The number of halogens is 1. The lowest BCUT2D eigenvalue weighted by Gasteiger charge is -2.42. The topological polar surface area (TPSA) is 62.2 Å². The third-order valence-electron chi connectivity index (χ3n) is 6.30. The summed E-state index contributed by atoms with van der Waals surface area (Å²) in [7, 11) is 0. The van der Waals surface area contributed by atoms with Crippen LogP contribution in [0.15, 0.2) is 36.4 Å². The van der Waals surface area contributed by atoms with Crippen molar-refractivity contribution < 1.29 is 24.1 Å². The molecule has 6 heteroatoms. The molecular weight excluding hydrogens is 361 g/mol. The molecule has 5 rings (SSSR count). The molecule has 28 heavy (non-hydrogen) atoms. The maximum absolute atomic E-state index is 13.5. The molecule has 0 unspecified atom stereocenters. The highest BCUT2D eigenvalue weighted by Gasteiger charge is 2.42. The van der Waals surface area contributed by atoms with Gasteiger partial charge in [0.15, 0.2) is 11.5 Å². The lowest BCUT2D eigenvalue weighted by molar-refractivity contribution is -0.0525. The summed E-state index contributed by atoms with van der Waals surface area (Å²) in [6, 6.07) is 10.3. The zero-order valence-electron chi connectivity index (χ0n) is 15.6. The summed E-state index contributed by atoms with van der Waals surface area (Å²) >= 11 is 0. The number of likely N-dealkylation sites (tertiary alicyclic amines) is 1. The Morgan fingerprint density at radius 1 is 1.07 bits per heavy atom. The van der Waals surface area contributed by atoms with Gasteiger partial charge in [0.25, 0.3) is 0 Å². The number of benzene rings is 2. The van der Waals surface area contributed by atoms with Crippen molar-refractivity contribution in [1.29, 1.82) is 0 Å². The standard InChI is InChI=1S/C22H24FNO4/c23-15-4-5-16-14(12-15)13-18(25)20(16)24-8-6-22(26,7-9-24)17-2-1-3-19-21(17)28-11-10-27-19/h1-5,12,18,20,25-26H,6-11,13H2/t18-,20-/m1/s1. The van der Waals surface area contributed by atoms with Crippen molar-refractivity contribution in [1.82, 2.24) is 4.90 Å². The van der Waals surface area contributed by atoms with Gasteiger partial charge in [0, 0.05) is 25.1 Å². The van der Waals surface area contributed by atoms with Crippen LogP contribution >= 0.6 is 0 Å². The molecule has 1 fully saturated rings. The van der Waals surface area contributed by atoms with Crippen LogP contribution in [0.4, 0.5) is 4.39 Å². The molecule has 1 aliphatic carbocycles. The van der Waals surface area contributed by atoms with Gasteiger partial charge in [0.1, 0.15) is 19.0 Å². The van der Waals surface area contributed by atoms with Crippen LogP contribution in [0.5, 0.6) is 11.5 Å². The summed E-state index contributed by atoms with van der Waals surface area (Å²) in [5.41, 5.74) is 1.66. The van der Waals surface area contributed by atoms with Crippen molar-refractivity contribution in [3.63, 3.8) is 0 Å². The molecule has 2 atom stereocenters. The van der Waals surface area contributed by atoms with Gasteiger partial charge in [-0.05, 0) is 42.2 Å². The molecule has 1 saturated heterocycles. The van der Waals surface area contributed by atoms with Crippen molar-refractivity contribution in [2.45, 2.75) is 37.0 Å². The molecule has 148 valence electrons. The first-order valence-corrected chi connectivity index (χ1v) is 9.87. The van der Waals surface area contributed by atoms with Crippen molar-refractivity contribution in [3.05, 3.63) is 58.9 Å². The lowest BCUT2D eigenvalue weighted by atomic mass is 9.83. The number of aliphatic hydroxyl groups excluding tert-OH is 1. The Kier molecular flexibility index (Phi) is 4.30. The minimum atomic E-state index is -0.988. The summed E-state index contributed by atoms with van der Waals surface area (Å²) in [6.45, 7) is 2.27. The number of nitrogens with zero attached hydrogens (tertiary/aromatic N) is 1. The highest BCUT2D eigenvalue weighted by Crippen LogP contribution is 2.46. The molecule has 0 aromatic heterocycles. The fourth-order valence-electron chi connectivity index (χ4n) is 4.91. The zero-order valence-corrected chi connectivity index (χ0v) is 15.6. The third-order valence-corrected chi connectivity index (χ3v) is 6.30. The maximum atomic E-state index is 13.5. The van der Waals surface area contributed by atoms with E-state index in [2.05, 4.69) is 4.90 Å². The maximum Gasteiger partial charge on any atom is 0.167 e. The summed E-state index contributed by atoms with van der Waals surface area (Å²) in [5, 5.41) is 22.0. The molecule has 2 heterocycles. The van der Waals surface area contributed by atoms with E-state index in [1.54, 1.807) is 6.07 Å². The number of piperidine rings is 1. The second kappa shape index (κ2) is 6.72. The molecule has 2 aliphatic heterocycles. The van der Waals surface area contributed by atoms with E-state index in [4.69, 9.17) is 9.47 Å². The number of aliphatic hydroxyl groups is 2. The second-order valence-electron chi connectivity index (χ2n) is 7.96. The molecule has 2 aromatic carbocycles. The third kappa shape index (κ3) is 2.87. The summed E-state index contributed by atoms with van der Waals surface area (Å²) < 4.78 is 25.0. The average Bonchev–Trinajstić information content (AvgIpc) is 3.03. The molecule has 0 spiro atoms. The molecule has 0 saturated carbocycles. The van der Waals surface area contributed by atoms with Crippen molar-refractivity contribution in [2.24, 2.45) is 0 Å². The minimum absolute atomic E-state index is 0.149. The van der Waals surface area contributed by atoms with Crippen LogP contribution in [0, 0.1) is 5.82 Å². The van der Waals surface area contributed by atoms with E-state index in [1.807, 2.05) is 18.2 Å². The van der Waals surface area contributed by atoms with Crippen LogP contribution in [-0.4, -0.2) is 47.5 Å². The number of hydrogen-bond acceptors (Lipinski definition) is 5. The molecule has 5 nitrogen and oxygen atoms in total. The fraction of sp³-hybridized carbons (Fsp3) is 0.455. The molecule has 0 bridgehead atoms. The average molecular weight is 385 g/mol. The smallest absolute Gasteiger partial charge is 0.167 e. The van der Waals surface area contributed by atoms with E-state index in [0.717, 1.165) is 16.7 Å². The minimum Gasteiger partial charge on any atom is -0.486 e. The van der Waals surface area contributed by atoms with Gasteiger partial charge in [-0.1, -0.05) is 18.2 Å². The number of rotatable bonds is 2. The van der Waals surface area contributed by atoms with Crippen LogP contribution in [0.1, 0.15) is 35.6 Å². The van der Waals surface area contributed by atoms with Gasteiger partial charge in [-0.25, -0.2) is 4.39 Å². The SMILES string of the molecule is O[C@@H]1Cc2cc(F)ccc2[C@H]1N1CCC(O)(c2cccc3c2OCCO3)CC1. The van der Waals surface area contributed by atoms with Crippen LogP contribution in [-0.2, 0) is 12.0 Å². The summed E-state index contributed by atoms with van der Waals surface area (Å²) in [4.78, 5) is 2.20. The van der Waals surface area contributed by atoms with Crippen molar-refractivity contribution >= 4 is 0 Å². The van der Waals surface area contributed by atoms with E-state index < -0.39 is 11.7 Å². The van der Waals surface area contributed by atoms with Gasteiger partial charge in [0.2, 0.25) is 0 Å². The van der Waals surface area contributed by atoms with Gasteiger partial charge in [-0.2, -0.15) is 0 Å². The Labute approximate surface area is 163 Å². The molecule has 0 radical (unpaired) electrons. The van der Waals surface area contributed by atoms with Crippen LogP contribution in [0.3, 0.4) is 0 Å². The molecular formula is C22H24FNO4. The number of ether oxygens (including phenoxy) is 2. The van der Waals surface area contributed by atoms with E-state index in [0.29, 0.717) is 57.1 Å². The number of hydrogen-bond donors (Lipinski definition) is 2. The quantitative estimate of drug-likeness (QED) is 0.832. The van der Waals surface area contributed by atoms with Crippen molar-refractivity contribution in [2.75, 3.05) is 26.3 Å². The van der Waals surface area contributed by atoms with Crippen LogP contribution in [0.2, 0.25) is 0 Å². The normalized spacial score (nSPS) is 26.1. The zero-order chi connectivity index (χ0) is 19.3. The van der Waals surface area contributed by atoms with Gasteiger partial charge >= 0.3 is 0 Å². The highest BCUT2D eigenvalue weighted by atomic mass is 19.1. The van der Waals surface area contributed by atoms with Gasteiger partial charge in [-0.3, -0.25) is 4.90 Å². The Hall–Kier alpha value is -2.15. The second-order valence-corrected chi connectivity index (χ2v) is 7.96. The van der Waals surface area contributed by atoms with Gasteiger partial charge in [-0.15, -0.1) is 0 Å². The van der Waals surface area contributed by atoms with Crippen LogP contribution < -0.4 is 9.47 Å².